The van der Waals surface area contributed by atoms with Crippen molar-refractivity contribution in [2.75, 3.05) is 33.4 Å². The van der Waals surface area contributed by atoms with Crippen molar-refractivity contribution in [3.8, 4) is 0 Å². The van der Waals surface area contributed by atoms with Crippen LogP contribution < -0.4 is 0 Å². The number of halogens is 2. The van der Waals surface area contributed by atoms with Crippen molar-refractivity contribution < 1.29 is 22.8 Å². The van der Waals surface area contributed by atoms with E-state index >= 15 is 0 Å². The van der Waals surface area contributed by atoms with Gasteiger partial charge in [0.25, 0.3) is 11.8 Å². The maximum atomic E-state index is 13.8. The standard InChI is InChI=1S/C16H23F2N3O3/c1-11-7-14(24-19-11)15(22)20-5-3-12(4-6-20)21-10-16(17,18)8-13(21)9-23-2/h7,12-13H,3-6,8-10H2,1-2H3/t13-/m0/s1. The molecule has 0 spiro atoms. The van der Waals surface area contributed by atoms with Crippen LogP contribution in [0, 0.1) is 6.92 Å². The number of aryl methyl sites for hydroxylation is 1. The molecule has 134 valence electrons. The molecule has 6 nitrogen and oxygen atoms in total. The molecule has 1 aromatic heterocycles. The average Bonchev–Trinajstić information content (AvgIpc) is 3.10. The van der Waals surface area contributed by atoms with E-state index in [9.17, 15) is 13.6 Å². The molecule has 1 amide bonds. The summed E-state index contributed by atoms with van der Waals surface area (Å²) in [5, 5.41) is 3.73. The number of hydrogen-bond donors (Lipinski definition) is 0. The first-order chi connectivity index (χ1) is 11.4. The molecule has 3 rings (SSSR count). The lowest BCUT2D eigenvalue weighted by Crippen LogP contribution is -2.49. The number of hydrogen-bond acceptors (Lipinski definition) is 5. The Morgan fingerprint density at radius 2 is 2.17 bits per heavy atom. The lowest BCUT2D eigenvalue weighted by Gasteiger charge is -2.38. The van der Waals surface area contributed by atoms with E-state index in [1.165, 1.54) is 7.11 Å². The Kier molecular flexibility index (Phi) is 4.87. The molecule has 0 saturated carbocycles. The molecular formula is C16H23F2N3O3. The maximum absolute atomic E-state index is 13.8. The Morgan fingerprint density at radius 3 is 2.75 bits per heavy atom. The molecule has 2 saturated heterocycles. The van der Waals surface area contributed by atoms with Crippen molar-refractivity contribution in [1.82, 2.24) is 15.0 Å². The fourth-order valence-electron chi connectivity index (χ4n) is 3.72. The van der Waals surface area contributed by atoms with Gasteiger partial charge in [-0.1, -0.05) is 5.16 Å². The topological polar surface area (TPSA) is 58.8 Å². The summed E-state index contributed by atoms with van der Waals surface area (Å²) in [4.78, 5) is 15.9. The first-order valence-corrected chi connectivity index (χ1v) is 8.25. The Morgan fingerprint density at radius 1 is 1.46 bits per heavy atom. The zero-order valence-corrected chi connectivity index (χ0v) is 14.0. The number of carbonyl (C=O) groups is 1. The molecule has 0 aromatic carbocycles. The molecule has 0 bridgehead atoms. The second-order valence-electron chi connectivity index (χ2n) is 6.70. The number of methoxy groups -OCH3 is 1. The second kappa shape index (κ2) is 6.76. The van der Waals surface area contributed by atoms with Crippen LogP contribution in [0.2, 0.25) is 0 Å². The number of alkyl halides is 2. The van der Waals surface area contributed by atoms with Gasteiger partial charge in [0.1, 0.15) is 0 Å². The number of rotatable bonds is 4. The van der Waals surface area contributed by atoms with Crippen molar-refractivity contribution in [1.29, 1.82) is 0 Å². The monoisotopic (exact) mass is 343 g/mol. The highest BCUT2D eigenvalue weighted by molar-refractivity contribution is 5.91. The third-order valence-corrected chi connectivity index (χ3v) is 4.84. The van der Waals surface area contributed by atoms with Gasteiger partial charge in [0, 0.05) is 44.8 Å². The van der Waals surface area contributed by atoms with Gasteiger partial charge in [0.05, 0.1) is 18.8 Å². The van der Waals surface area contributed by atoms with E-state index in [4.69, 9.17) is 9.26 Å². The van der Waals surface area contributed by atoms with Crippen molar-refractivity contribution in [2.24, 2.45) is 0 Å². The van der Waals surface area contributed by atoms with Crippen LogP contribution in [0.5, 0.6) is 0 Å². The molecule has 0 N–H and O–H groups in total. The Balaban J connectivity index is 1.59. The second-order valence-corrected chi connectivity index (χ2v) is 6.70. The van der Waals surface area contributed by atoms with Gasteiger partial charge in [-0.15, -0.1) is 0 Å². The quantitative estimate of drug-likeness (QED) is 0.836. The highest BCUT2D eigenvalue weighted by Crippen LogP contribution is 2.35. The van der Waals surface area contributed by atoms with Crippen LogP contribution in [-0.2, 0) is 4.74 Å². The van der Waals surface area contributed by atoms with Gasteiger partial charge in [-0.05, 0) is 19.8 Å². The van der Waals surface area contributed by atoms with Crippen LogP contribution in [0.1, 0.15) is 35.5 Å². The fourth-order valence-corrected chi connectivity index (χ4v) is 3.72. The zero-order valence-electron chi connectivity index (χ0n) is 14.0. The highest BCUT2D eigenvalue weighted by atomic mass is 19.3. The zero-order chi connectivity index (χ0) is 17.3. The molecule has 2 aliphatic heterocycles. The summed E-state index contributed by atoms with van der Waals surface area (Å²) < 4.78 is 37.7. The summed E-state index contributed by atoms with van der Waals surface area (Å²) in [7, 11) is 1.54. The van der Waals surface area contributed by atoms with Crippen molar-refractivity contribution in [2.45, 2.75) is 44.2 Å². The summed E-state index contributed by atoms with van der Waals surface area (Å²) in [5.74, 6) is -2.61. The molecule has 1 aromatic rings. The molecule has 24 heavy (non-hydrogen) atoms. The molecule has 3 heterocycles. The van der Waals surface area contributed by atoms with Crippen LogP contribution in [0.25, 0.3) is 0 Å². The number of piperidine rings is 1. The molecule has 0 unspecified atom stereocenters. The van der Waals surface area contributed by atoms with E-state index in [-0.39, 0.29) is 36.7 Å². The first-order valence-electron chi connectivity index (χ1n) is 8.25. The minimum atomic E-state index is -2.66. The molecule has 2 aliphatic rings. The summed E-state index contributed by atoms with van der Waals surface area (Å²) in [6.45, 7) is 2.92. The maximum Gasteiger partial charge on any atom is 0.292 e. The Labute approximate surface area is 139 Å². The summed E-state index contributed by atoms with van der Waals surface area (Å²) in [6, 6.07) is 1.41. The molecule has 0 aliphatic carbocycles. The summed E-state index contributed by atoms with van der Waals surface area (Å²) in [5.41, 5.74) is 0.662. The Hall–Kier alpha value is -1.54. The minimum Gasteiger partial charge on any atom is -0.383 e. The number of likely N-dealkylation sites (tertiary alicyclic amines) is 2. The Bertz CT molecular complexity index is 585. The van der Waals surface area contributed by atoms with Gasteiger partial charge < -0.3 is 14.2 Å². The van der Waals surface area contributed by atoms with Crippen molar-refractivity contribution >= 4 is 5.91 Å². The average molecular weight is 343 g/mol. The smallest absolute Gasteiger partial charge is 0.292 e. The SMILES string of the molecule is COC[C@@H]1CC(F)(F)CN1C1CCN(C(=O)c2cc(C)no2)CC1. The number of carbonyl (C=O) groups excluding carboxylic acids is 1. The van der Waals surface area contributed by atoms with Crippen molar-refractivity contribution in [3.63, 3.8) is 0 Å². The van der Waals surface area contributed by atoms with Crippen molar-refractivity contribution in [3.05, 3.63) is 17.5 Å². The van der Waals surface area contributed by atoms with Crippen LogP contribution in [0.15, 0.2) is 10.6 Å². The van der Waals surface area contributed by atoms with Crippen LogP contribution in [-0.4, -0.2) is 72.2 Å². The first kappa shape index (κ1) is 17.3. The van der Waals surface area contributed by atoms with E-state index in [1.54, 1.807) is 17.9 Å². The van der Waals surface area contributed by atoms with Gasteiger partial charge in [0.15, 0.2) is 0 Å². The molecule has 2 fully saturated rings. The van der Waals surface area contributed by atoms with Crippen LogP contribution in [0.3, 0.4) is 0 Å². The van der Waals surface area contributed by atoms with Crippen LogP contribution >= 0.6 is 0 Å². The van der Waals surface area contributed by atoms with E-state index < -0.39 is 5.92 Å². The number of amides is 1. The predicted molar refractivity (Wildman–Crippen MR) is 82.1 cm³/mol. The molecular weight excluding hydrogens is 320 g/mol. The van der Waals surface area contributed by atoms with E-state index in [2.05, 4.69) is 5.16 Å². The van der Waals surface area contributed by atoms with Gasteiger partial charge in [0.2, 0.25) is 5.76 Å². The highest BCUT2D eigenvalue weighted by Gasteiger charge is 2.47. The van der Waals surface area contributed by atoms with Gasteiger partial charge >= 0.3 is 0 Å². The van der Waals surface area contributed by atoms with E-state index in [0.717, 1.165) is 0 Å². The van der Waals surface area contributed by atoms with E-state index in [1.807, 2.05) is 4.90 Å². The van der Waals surface area contributed by atoms with E-state index in [0.29, 0.717) is 38.2 Å². The van der Waals surface area contributed by atoms with Gasteiger partial charge in [-0.25, -0.2) is 8.78 Å². The van der Waals surface area contributed by atoms with Gasteiger partial charge in [-0.2, -0.15) is 0 Å². The largest absolute Gasteiger partial charge is 0.383 e. The van der Waals surface area contributed by atoms with Crippen LogP contribution in [0.4, 0.5) is 8.78 Å². The third kappa shape index (κ3) is 3.59. The fraction of sp³-hybridized carbons (Fsp3) is 0.750. The number of aromatic nitrogens is 1. The summed E-state index contributed by atoms with van der Waals surface area (Å²) in [6.07, 6.45) is 1.20. The van der Waals surface area contributed by atoms with Gasteiger partial charge in [-0.3, -0.25) is 9.69 Å². The molecule has 0 radical (unpaired) electrons. The number of nitrogens with zero attached hydrogens (tertiary/aromatic N) is 3. The molecule has 1 atom stereocenters. The summed E-state index contributed by atoms with van der Waals surface area (Å²) >= 11 is 0. The normalized spacial score (nSPS) is 25.3. The number of ether oxygens (including phenoxy) is 1. The lowest BCUT2D eigenvalue weighted by atomic mass is 10.0. The lowest BCUT2D eigenvalue weighted by molar-refractivity contribution is 0.00269. The molecule has 8 heteroatoms. The minimum absolute atomic E-state index is 0.0547. The third-order valence-electron chi connectivity index (χ3n) is 4.84. The predicted octanol–water partition coefficient (Wildman–Crippen LogP) is 1.94.